The molecule has 0 aromatic heterocycles. The minimum absolute atomic E-state index is 0.0214. The molecule has 32 heavy (non-hydrogen) atoms. The molecule has 174 valence electrons. The number of alkyl halides is 3. The van der Waals surface area contributed by atoms with Crippen molar-refractivity contribution in [3.8, 4) is 0 Å². The number of carbonyl (C=O) groups excluding carboxylic acids is 1. The van der Waals surface area contributed by atoms with Crippen molar-refractivity contribution in [1.29, 1.82) is 0 Å². The van der Waals surface area contributed by atoms with Crippen molar-refractivity contribution in [2.24, 2.45) is 0 Å². The summed E-state index contributed by atoms with van der Waals surface area (Å²) in [6.45, 7) is -2.78. The summed E-state index contributed by atoms with van der Waals surface area (Å²) in [5, 5.41) is 11.7. The highest BCUT2D eigenvalue weighted by atomic mass is 35.5. The van der Waals surface area contributed by atoms with Crippen molar-refractivity contribution in [2.75, 3.05) is 18.4 Å². The van der Waals surface area contributed by atoms with Gasteiger partial charge in [-0.1, -0.05) is 17.7 Å². The van der Waals surface area contributed by atoms with E-state index in [-0.39, 0.29) is 41.2 Å². The molecule has 1 aliphatic rings. The molecular formula is C20H19ClF4N2O4S. The molecule has 0 saturated carbocycles. The number of nitrogens with zero attached hydrogens (tertiary/aromatic N) is 1. The predicted octanol–water partition coefficient (Wildman–Crippen LogP) is 3.98. The fourth-order valence-corrected chi connectivity index (χ4v) is 5.16. The molecule has 1 fully saturated rings. The van der Waals surface area contributed by atoms with Gasteiger partial charge in [0.05, 0.1) is 16.5 Å². The molecule has 2 aromatic carbocycles. The fraction of sp³-hybridized carbons (Fsp3) is 0.350. The van der Waals surface area contributed by atoms with Gasteiger partial charge in [0.1, 0.15) is 18.6 Å². The standard InChI is InChI=1S/C20H19ClF4N2O4S/c21-15-9-14(5-6-16(15)23)26-19(29)12-3-4-13(10-22)17(8-12)32(30,31)27-7-1-2-18(28)20(24,25)11-27/h3-6,8-9,18,28H,1-2,7,10-11H2,(H,26,29). The van der Waals surface area contributed by atoms with E-state index in [2.05, 4.69) is 5.32 Å². The normalized spacial score (nSPS) is 19.4. The number of benzene rings is 2. The Hall–Kier alpha value is -2.21. The summed E-state index contributed by atoms with van der Waals surface area (Å²) in [7, 11) is -4.61. The number of halogens is 5. The lowest BCUT2D eigenvalue weighted by Crippen LogP contribution is -2.44. The monoisotopic (exact) mass is 494 g/mol. The summed E-state index contributed by atoms with van der Waals surface area (Å²) < 4.78 is 81.7. The van der Waals surface area contributed by atoms with Crippen LogP contribution in [0.3, 0.4) is 0 Å². The lowest BCUT2D eigenvalue weighted by atomic mass is 10.1. The first-order valence-electron chi connectivity index (χ1n) is 9.47. The second kappa shape index (κ2) is 9.34. The number of hydrogen-bond acceptors (Lipinski definition) is 4. The van der Waals surface area contributed by atoms with Crippen LogP contribution in [0.25, 0.3) is 0 Å². The largest absolute Gasteiger partial charge is 0.387 e. The van der Waals surface area contributed by atoms with Crippen LogP contribution in [-0.4, -0.2) is 48.9 Å². The molecule has 1 amide bonds. The van der Waals surface area contributed by atoms with E-state index in [9.17, 15) is 35.9 Å². The molecule has 6 nitrogen and oxygen atoms in total. The Bertz CT molecular complexity index is 1130. The van der Waals surface area contributed by atoms with E-state index in [0.717, 1.165) is 24.3 Å². The Morgan fingerprint density at radius 3 is 2.62 bits per heavy atom. The molecule has 0 aliphatic carbocycles. The second-order valence-corrected chi connectivity index (χ2v) is 9.61. The lowest BCUT2D eigenvalue weighted by Gasteiger charge is -2.26. The van der Waals surface area contributed by atoms with Gasteiger partial charge in [-0.15, -0.1) is 0 Å². The highest BCUT2D eigenvalue weighted by molar-refractivity contribution is 7.89. The number of hydrogen-bond donors (Lipinski definition) is 2. The maximum atomic E-state index is 14.1. The number of sulfonamides is 1. The maximum absolute atomic E-state index is 14.1. The molecule has 3 rings (SSSR count). The zero-order chi connectivity index (χ0) is 23.7. The molecule has 1 heterocycles. The van der Waals surface area contributed by atoms with E-state index in [0.29, 0.717) is 4.31 Å². The van der Waals surface area contributed by atoms with Gasteiger partial charge in [0.15, 0.2) is 0 Å². The van der Waals surface area contributed by atoms with Crippen LogP contribution in [0.2, 0.25) is 5.02 Å². The topological polar surface area (TPSA) is 86.7 Å². The summed E-state index contributed by atoms with van der Waals surface area (Å²) in [6.07, 6.45) is -2.31. The molecular weight excluding hydrogens is 476 g/mol. The number of amides is 1. The van der Waals surface area contributed by atoms with Crippen molar-refractivity contribution in [2.45, 2.75) is 36.4 Å². The van der Waals surface area contributed by atoms with Crippen molar-refractivity contribution in [3.05, 3.63) is 58.4 Å². The molecule has 1 saturated heterocycles. The Balaban J connectivity index is 1.94. The summed E-state index contributed by atoms with van der Waals surface area (Å²) in [6, 6.07) is 6.54. The Kier molecular flexibility index (Phi) is 7.13. The Labute approximate surface area is 186 Å². The number of nitrogens with one attached hydrogen (secondary N) is 1. The first-order chi connectivity index (χ1) is 15.0. The molecule has 0 radical (unpaired) electrons. The van der Waals surface area contributed by atoms with Gasteiger partial charge in [-0.05, 0) is 43.2 Å². The van der Waals surface area contributed by atoms with Crippen molar-refractivity contribution >= 4 is 33.2 Å². The molecule has 0 bridgehead atoms. The van der Waals surface area contributed by atoms with Gasteiger partial charge >= 0.3 is 0 Å². The van der Waals surface area contributed by atoms with Crippen LogP contribution in [-0.2, 0) is 16.7 Å². The van der Waals surface area contributed by atoms with E-state index in [1.807, 2.05) is 0 Å². The van der Waals surface area contributed by atoms with E-state index in [1.54, 1.807) is 0 Å². The van der Waals surface area contributed by atoms with Gasteiger partial charge in [-0.3, -0.25) is 4.79 Å². The number of rotatable bonds is 5. The van der Waals surface area contributed by atoms with Gasteiger partial charge in [-0.25, -0.2) is 26.0 Å². The SMILES string of the molecule is O=C(Nc1ccc(F)c(Cl)c1)c1ccc(CF)c(S(=O)(=O)N2CCCC(O)C(F)(F)C2)c1. The van der Waals surface area contributed by atoms with Gasteiger partial charge < -0.3 is 10.4 Å². The lowest BCUT2D eigenvalue weighted by molar-refractivity contribution is -0.109. The first-order valence-corrected chi connectivity index (χ1v) is 11.3. The number of anilines is 1. The zero-order valence-corrected chi connectivity index (χ0v) is 18.1. The molecule has 1 aliphatic heterocycles. The average Bonchev–Trinajstić information content (AvgIpc) is 2.88. The number of aliphatic hydroxyl groups excluding tert-OH is 1. The average molecular weight is 495 g/mol. The van der Waals surface area contributed by atoms with Crippen LogP contribution in [0.1, 0.15) is 28.8 Å². The van der Waals surface area contributed by atoms with Gasteiger partial charge in [0, 0.05) is 23.4 Å². The van der Waals surface area contributed by atoms with Gasteiger partial charge in [-0.2, -0.15) is 4.31 Å². The van der Waals surface area contributed by atoms with Crippen LogP contribution >= 0.6 is 11.6 Å². The fourth-order valence-electron chi connectivity index (χ4n) is 3.26. The predicted molar refractivity (Wildman–Crippen MR) is 110 cm³/mol. The molecule has 2 N–H and O–H groups in total. The van der Waals surface area contributed by atoms with E-state index >= 15 is 0 Å². The summed E-state index contributed by atoms with van der Waals surface area (Å²) in [5.74, 6) is -5.19. The van der Waals surface area contributed by atoms with Crippen molar-refractivity contribution in [3.63, 3.8) is 0 Å². The van der Waals surface area contributed by atoms with Crippen LogP contribution in [0.5, 0.6) is 0 Å². The third-order valence-corrected chi connectivity index (χ3v) is 7.25. The molecule has 0 spiro atoms. The minimum atomic E-state index is -4.61. The molecule has 2 aromatic rings. The van der Waals surface area contributed by atoms with Gasteiger partial charge in [0.25, 0.3) is 11.8 Å². The highest BCUT2D eigenvalue weighted by Crippen LogP contribution is 2.32. The van der Waals surface area contributed by atoms with Crippen LogP contribution in [0.15, 0.2) is 41.3 Å². The van der Waals surface area contributed by atoms with Crippen molar-refractivity contribution in [1.82, 2.24) is 4.31 Å². The van der Waals surface area contributed by atoms with Gasteiger partial charge in [0.2, 0.25) is 10.0 Å². The molecule has 1 unspecified atom stereocenters. The van der Waals surface area contributed by atoms with E-state index in [4.69, 9.17) is 11.6 Å². The smallest absolute Gasteiger partial charge is 0.286 e. The van der Waals surface area contributed by atoms with E-state index in [1.165, 1.54) is 12.1 Å². The summed E-state index contributed by atoms with van der Waals surface area (Å²) >= 11 is 5.67. The number of aliphatic hydroxyl groups is 1. The van der Waals surface area contributed by atoms with Crippen LogP contribution < -0.4 is 5.32 Å². The highest BCUT2D eigenvalue weighted by Gasteiger charge is 2.45. The third-order valence-electron chi connectivity index (χ3n) is 5.03. The minimum Gasteiger partial charge on any atom is -0.387 e. The quantitative estimate of drug-likeness (QED) is 0.616. The van der Waals surface area contributed by atoms with Crippen LogP contribution in [0.4, 0.5) is 23.2 Å². The molecule has 1 atom stereocenters. The Morgan fingerprint density at radius 1 is 1.25 bits per heavy atom. The second-order valence-electron chi connectivity index (χ2n) is 7.30. The Morgan fingerprint density at radius 2 is 1.97 bits per heavy atom. The first kappa shape index (κ1) is 24.4. The maximum Gasteiger partial charge on any atom is 0.286 e. The number of carbonyl (C=O) groups is 1. The zero-order valence-electron chi connectivity index (χ0n) is 16.5. The summed E-state index contributed by atoms with van der Waals surface area (Å²) in [4.78, 5) is 11.9. The summed E-state index contributed by atoms with van der Waals surface area (Å²) in [5.41, 5.74) is -0.371. The third kappa shape index (κ3) is 5.06. The van der Waals surface area contributed by atoms with Crippen LogP contribution in [0, 0.1) is 5.82 Å². The molecule has 12 heteroatoms. The van der Waals surface area contributed by atoms with Crippen molar-refractivity contribution < 1.29 is 35.9 Å². The van der Waals surface area contributed by atoms with E-state index < -0.39 is 51.9 Å².